The maximum Gasteiger partial charge on any atom is 0.192 e. The largest absolute Gasteiger partial charge is 0.410 e. The quantitative estimate of drug-likeness (QED) is 0.0907. The van der Waals surface area contributed by atoms with Gasteiger partial charge in [0.2, 0.25) is 0 Å². The Morgan fingerprint density at radius 2 is 1.85 bits per heavy atom. The van der Waals surface area contributed by atoms with Crippen LogP contribution in [0.3, 0.4) is 0 Å². The molecule has 1 heterocycles. The van der Waals surface area contributed by atoms with E-state index in [9.17, 15) is 0 Å². The lowest BCUT2D eigenvalue weighted by Gasteiger charge is -2.33. The summed E-state index contributed by atoms with van der Waals surface area (Å²) in [5.41, 5.74) is 2.20. The van der Waals surface area contributed by atoms with Crippen molar-refractivity contribution in [3.8, 4) is 0 Å². The Bertz CT molecular complexity index is 602. The number of hydrogen-bond acceptors (Lipinski definition) is 5. The molecule has 0 aliphatic rings. The molecule has 7 heteroatoms. The van der Waals surface area contributed by atoms with Crippen LogP contribution in [0.5, 0.6) is 0 Å². The predicted molar refractivity (Wildman–Crippen MR) is 127 cm³/mol. The molecule has 0 radical (unpaired) electrons. The number of halogens is 1. The highest BCUT2D eigenvalue weighted by Gasteiger charge is 2.32. The second kappa shape index (κ2) is 13.2. The van der Waals surface area contributed by atoms with E-state index in [2.05, 4.69) is 79.7 Å². The molecule has 1 atom stereocenters. The molecule has 0 spiro atoms. The third-order valence-electron chi connectivity index (χ3n) is 4.77. The lowest BCUT2D eigenvalue weighted by Crippen LogP contribution is -2.40. The zero-order chi connectivity index (χ0) is 20.3. The van der Waals surface area contributed by atoms with Gasteiger partial charge in [-0.2, -0.15) is 0 Å². The van der Waals surface area contributed by atoms with Crippen LogP contribution in [0.1, 0.15) is 58.7 Å². The lowest BCUT2D eigenvalue weighted by atomic mass is 10.1. The van der Waals surface area contributed by atoms with Crippen molar-refractivity contribution in [1.29, 1.82) is 0 Å². The molecule has 0 saturated heterocycles. The Morgan fingerprint density at radius 1 is 1.19 bits per heavy atom. The molecule has 1 unspecified atom stereocenters. The van der Waals surface area contributed by atoms with Gasteiger partial charge >= 0.3 is 0 Å². The summed E-state index contributed by atoms with van der Waals surface area (Å²) < 4.78 is 8.11. The highest BCUT2D eigenvalue weighted by atomic mass is 127. The monoisotopic (exact) mass is 523 g/mol. The van der Waals surface area contributed by atoms with Gasteiger partial charge in [-0.05, 0) is 83.1 Å². The topological polar surface area (TPSA) is 40.6 Å². The summed E-state index contributed by atoms with van der Waals surface area (Å²) in [5, 5.41) is 2.98. The number of aromatic nitrogens is 1. The normalized spacial score (nSPS) is 14.6. The van der Waals surface area contributed by atoms with Crippen molar-refractivity contribution in [1.82, 2.24) is 4.98 Å². The zero-order valence-electron chi connectivity index (χ0n) is 17.5. The standard InChI is InChI=1S/C20H34INO3SSi/c1-7-23-24-14-20-22-18(15-26-20)13-16(5)19(12-11-17(6)21)25-27(8-2,9-3)10-4/h11,13,15,19H,7-10,12,14H2,1-6H3. The Labute approximate surface area is 183 Å². The van der Waals surface area contributed by atoms with Crippen molar-refractivity contribution in [2.75, 3.05) is 6.61 Å². The third kappa shape index (κ3) is 8.87. The minimum Gasteiger partial charge on any atom is -0.410 e. The molecular weight excluding hydrogens is 489 g/mol. The Hall–Kier alpha value is -0.0631. The van der Waals surface area contributed by atoms with Crippen LogP contribution >= 0.6 is 33.9 Å². The first-order chi connectivity index (χ1) is 12.9. The molecule has 0 amide bonds. The van der Waals surface area contributed by atoms with E-state index in [1.807, 2.05) is 6.92 Å². The summed E-state index contributed by atoms with van der Waals surface area (Å²) in [7, 11) is -1.68. The Balaban J connectivity index is 2.96. The van der Waals surface area contributed by atoms with E-state index in [0.717, 1.165) is 35.3 Å². The molecule has 1 aromatic rings. The molecule has 0 aromatic carbocycles. The van der Waals surface area contributed by atoms with Crippen LogP contribution < -0.4 is 0 Å². The summed E-state index contributed by atoms with van der Waals surface area (Å²) in [5.74, 6) is 0. The Morgan fingerprint density at radius 3 is 2.41 bits per heavy atom. The maximum atomic E-state index is 6.81. The molecule has 27 heavy (non-hydrogen) atoms. The predicted octanol–water partition coefficient (Wildman–Crippen LogP) is 7.13. The Kier molecular flexibility index (Phi) is 12.2. The molecule has 154 valence electrons. The van der Waals surface area contributed by atoms with E-state index < -0.39 is 8.32 Å². The zero-order valence-corrected chi connectivity index (χ0v) is 21.5. The average molecular weight is 524 g/mol. The molecule has 1 rings (SSSR count). The molecule has 0 N–H and O–H groups in total. The molecule has 4 nitrogen and oxygen atoms in total. The van der Waals surface area contributed by atoms with E-state index in [4.69, 9.17) is 14.2 Å². The molecule has 0 fully saturated rings. The molecule has 1 aromatic heterocycles. The maximum absolute atomic E-state index is 6.81. The van der Waals surface area contributed by atoms with Gasteiger partial charge in [-0.1, -0.05) is 26.8 Å². The van der Waals surface area contributed by atoms with Gasteiger partial charge in [0, 0.05) is 5.38 Å². The van der Waals surface area contributed by atoms with Gasteiger partial charge in [0.05, 0.1) is 18.4 Å². The fourth-order valence-corrected chi connectivity index (χ4v) is 6.65. The summed E-state index contributed by atoms with van der Waals surface area (Å²) >= 11 is 3.96. The fraction of sp³-hybridized carbons (Fsp3) is 0.650. The van der Waals surface area contributed by atoms with Crippen LogP contribution in [0.15, 0.2) is 20.6 Å². The van der Waals surface area contributed by atoms with Crippen molar-refractivity contribution >= 4 is 48.3 Å². The average Bonchev–Trinajstić information content (AvgIpc) is 3.09. The van der Waals surface area contributed by atoms with E-state index in [0.29, 0.717) is 13.2 Å². The van der Waals surface area contributed by atoms with Gasteiger partial charge in [-0.25, -0.2) is 14.8 Å². The summed E-state index contributed by atoms with van der Waals surface area (Å²) in [6.07, 6.45) is 5.45. The number of nitrogens with zero attached hydrogens (tertiary/aromatic N) is 1. The van der Waals surface area contributed by atoms with Crippen molar-refractivity contribution in [3.05, 3.63) is 31.3 Å². The van der Waals surface area contributed by atoms with Gasteiger partial charge in [0.1, 0.15) is 11.6 Å². The smallest absolute Gasteiger partial charge is 0.192 e. The number of rotatable bonds is 13. The SMILES string of the molecule is CCOOCc1nc(C=C(C)C(CC=C(C)I)O[Si](CC)(CC)CC)cs1. The molecule has 0 aliphatic heterocycles. The molecule has 0 bridgehead atoms. The van der Waals surface area contributed by atoms with Crippen LogP contribution in [-0.2, 0) is 20.8 Å². The van der Waals surface area contributed by atoms with Crippen LogP contribution in [0, 0.1) is 0 Å². The number of allylic oxidation sites excluding steroid dienone is 1. The first-order valence-electron chi connectivity index (χ1n) is 9.76. The van der Waals surface area contributed by atoms with Crippen LogP contribution in [0.4, 0.5) is 0 Å². The van der Waals surface area contributed by atoms with Crippen molar-refractivity contribution in [2.45, 2.75) is 78.8 Å². The van der Waals surface area contributed by atoms with Gasteiger partial charge in [-0.15, -0.1) is 11.3 Å². The minimum atomic E-state index is -1.68. The van der Waals surface area contributed by atoms with Gasteiger partial charge in [-0.3, -0.25) is 0 Å². The second-order valence-corrected chi connectivity index (χ2v) is 14.0. The number of thiazole rings is 1. The fourth-order valence-electron chi connectivity index (χ4n) is 2.86. The van der Waals surface area contributed by atoms with E-state index in [1.54, 1.807) is 11.3 Å². The van der Waals surface area contributed by atoms with Gasteiger partial charge in [0.15, 0.2) is 8.32 Å². The summed E-state index contributed by atoms with van der Waals surface area (Å²) in [4.78, 5) is 14.7. The van der Waals surface area contributed by atoms with E-state index >= 15 is 0 Å². The van der Waals surface area contributed by atoms with Crippen molar-refractivity contribution in [2.24, 2.45) is 0 Å². The van der Waals surface area contributed by atoms with Crippen molar-refractivity contribution < 1.29 is 14.2 Å². The highest BCUT2D eigenvalue weighted by Crippen LogP contribution is 2.28. The highest BCUT2D eigenvalue weighted by molar-refractivity contribution is 14.1. The summed E-state index contributed by atoms with van der Waals surface area (Å²) in [6.45, 7) is 14.0. The van der Waals surface area contributed by atoms with Crippen LogP contribution in [0.2, 0.25) is 18.1 Å². The molecule has 0 aliphatic carbocycles. The molecular formula is C20H34INO3SSi. The van der Waals surface area contributed by atoms with Gasteiger partial charge in [0.25, 0.3) is 0 Å². The third-order valence-corrected chi connectivity index (χ3v) is 10.7. The first kappa shape index (κ1) is 25.0. The van der Waals surface area contributed by atoms with Gasteiger partial charge < -0.3 is 4.43 Å². The number of hydrogen-bond donors (Lipinski definition) is 0. The summed E-state index contributed by atoms with van der Waals surface area (Å²) in [6, 6.07) is 3.48. The van der Waals surface area contributed by atoms with E-state index in [-0.39, 0.29) is 6.10 Å². The lowest BCUT2D eigenvalue weighted by molar-refractivity contribution is -0.300. The van der Waals surface area contributed by atoms with Crippen LogP contribution in [0.25, 0.3) is 6.08 Å². The molecule has 0 saturated carbocycles. The van der Waals surface area contributed by atoms with Crippen molar-refractivity contribution in [3.63, 3.8) is 0 Å². The second-order valence-electron chi connectivity index (χ2n) is 6.60. The minimum absolute atomic E-state index is 0.117. The first-order valence-corrected chi connectivity index (χ1v) is 14.3. The van der Waals surface area contributed by atoms with E-state index in [1.165, 1.54) is 9.15 Å². The van der Waals surface area contributed by atoms with Crippen LogP contribution in [-0.4, -0.2) is 26.0 Å².